The maximum Gasteiger partial charge on any atom is 0.322 e. The molecular weight excluding hydrogens is 1260 g/mol. The van der Waals surface area contributed by atoms with Gasteiger partial charge in [-0.3, -0.25) is 76.8 Å². The van der Waals surface area contributed by atoms with Gasteiger partial charge in [0.25, 0.3) is 23.6 Å². The fourth-order valence-electron chi connectivity index (χ4n) is 9.43. The predicted octanol–water partition coefficient (Wildman–Crippen LogP) is 1.75. The van der Waals surface area contributed by atoms with Gasteiger partial charge in [0.05, 0.1) is 74.5 Å². The highest BCUT2D eigenvalue weighted by Crippen LogP contribution is 2.35. The number of hydrogen-bond donors (Lipinski definition) is 9. The zero-order valence-corrected chi connectivity index (χ0v) is 52.7. The number of aldehydes is 1. The third kappa shape index (κ3) is 22.3. The Morgan fingerprint density at radius 1 is 0.484 bits per heavy atom. The van der Waals surface area contributed by atoms with Crippen molar-refractivity contribution < 1.29 is 86.9 Å². The average Bonchev–Trinajstić information content (AvgIpc) is 1.69. The van der Waals surface area contributed by atoms with Crippen LogP contribution in [-0.4, -0.2) is 175 Å². The van der Waals surface area contributed by atoms with Crippen molar-refractivity contribution in [2.45, 2.75) is 59.2 Å². The molecule has 8 rings (SSSR count). The summed E-state index contributed by atoms with van der Waals surface area (Å²) >= 11 is 4.87. The molecule has 2 aliphatic rings. The number of carbonyl (C=O) groups excluding carboxylic acids is 14. The first-order chi connectivity index (χ1) is 45.1. The number of Topliss-reactive ketones (excluding diaryl/α,β-unsaturated/α-hetero) is 1. The molecule has 11 amide bonds. The Bertz CT molecular complexity index is 3890. The van der Waals surface area contributed by atoms with Gasteiger partial charge < -0.3 is 66.9 Å². The number of amides is 11. The molecule has 0 unspecified atom stereocenters. The summed E-state index contributed by atoms with van der Waals surface area (Å²) in [6.07, 6.45) is -0.380. The molecule has 3 atom stereocenters. The molecule has 0 saturated carbocycles. The lowest BCUT2D eigenvalue weighted by Crippen LogP contribution is -2.55. The molecule has 95 heavy (non-hydrogen) atoms. The standard InChI is InChI=1S/C30H29N5O8.C27H26N4O5.C4H6ClNO2.C4H7NO3/c1-18(37)31-14-27(39)34-15-23(33-29(42)22-10-6-8-19-7-2-3-9-21(19)22)30(43)35(25-12-5-4-11-24(25)34)16-26(38)32-20(17-36)13-28(40)41;1-17(32)15-31-24-13-6-5-12-23(24)30(25(34)14-28-18(2)33)16-22(27(31)36)29-26(35)21-11-7-9-19-8-3-4-10-20(19)21;1-3(7)6-2-4(5)8;1-3(6)5-2-4(7)8/h2-12,17,20,23H,13-16H2,1H3,(H,31,37)(H,32,38)(H,33,42)(H,40,41);3-13,22H,14-16H2,1-2H3,(H,28,33)(H,29,35);2H2,1H3,(H,6,7);2H2,1H3,(H,5,6)(H,7,8)/t20-,23-;22-;;/m00../s1. The number of ketones is 1. The zero-order valence-electron chi connectivity index (χ0n) is 52.0. The Hall–Kier alpha value is -11.8. The second-order valence-corrected chi connectivity index (χ2v) is 21.4. The number of nitrogens with one attached hydrogen (secondary N) is 7. The average molecular weight is 1330 g/mol. The van der Waals surface area contributed by atoms with E-state index in [4.69, 9.17) is 21.8 Å². The Labute approximate surface area is 547 Å². The number of halogens is 1. The molecule has 0 saturated heterocycles. The van der Waals surface area contributed by atoms with Gasteiger partial charge in [0.15, 0.2) is 0 Å². The minimum Gasteiger partial charge on any atom is -0.481 e. The highest BCUT2D eigenvalue weighted by Gasteiger charge is 2.40. The largest absolute Gasteiger partial charge is 0.481 e. The van der Waals surface area contributed by atoms with Crippen molar-refractivity contribution in [1.29, 1.82) is 0 Å². The first-order valence-electron chi connectivity index (χ1n) is 28.9. The van der Waals surface area contributed by atoms with Crippen molar-refractivity contribution in [2.75, 3.05) is 72.0 Å². The predicted molar refractivity (Wildman–Crippen MR) is 347 cm³/mol. The van der Waals surface area contributed by atoms with Crippen molar-refractivity contribution in [1.82, 2.24) is 37.2 Å². The smallest absolute Gasteiger partial charge is 0.322 e. The topological polar surface area (TPSA) is 411 Å². The van der Waals surface area contributed by atoms with Crippen molar-refractivity contribution >= 4 is 150 Å². The molecule has 2 heterocycles. The molecule has 9 N–H and O–H groups in total. The van der Waals surface area contributed by atoms with Crippen LogP contribution in [0.1, 0.15) is 61.8 Å². The Balaban J connectivity index is 0.000000282. The van der Waals surface area contributed by atoms with Gasteiger partial charge in [-0.2, -0.15) is 0 Å². The van der Waals surface area contributed by atoms with Gasteiger partial charge in [-0.25, -0.2) is 0 Å². The van der Waals surface area contributed by atoms with Crippen LogP contribution in [0.2, 0.25) is 0 Å². The lowest BCUT2D eigenvalue weighted by molar-refractivity contribution is -0.139. The summed E-state index contributed by atoms with van der Waals surface area (Å²) in [4.78, 5) is 196. The van der Waals surface area contributed by atoms with Crippen LogP contribution in [0.3, 0.4) is 0 Å². The molecule has 6 aromatic carbocycles. The van der Waals surface area contributed by atoms with E-state index in [1.54, 1.807) is 78.9 Å². The summed E-state index contributed by atoms with van der Waals surface area (Å²) in [5, 5.41) is 36.5. The Kier molecular flexibility index (Phi) is 27.8. The fraction of sp³-hybridized carbons (Fsp3) is 0.262. The summed E-state index contributed by atoms with van der Waals surface area (Å²) in [7, 11) is 0. The van der Waals surface area contributed by atoms with Crippen LogP contribution in [-0.2, 0) is 67.1 Å². The number of para-hydroxylation sites is 4. The van der Waals surface area contributed by atoms with E-state index in [0.29, 0.717) is 22.3 Å². The van der Waals surface area contributed by atoms with Crippen molar-refractivity contribution in [2.24, 2.45) is 0 Å². The summed E-state index contributed by atoms with van der Waals surface area (Å²) in [5.41, 5.74) is 1.84. The summed E-state index contributed by atoms with van der Waals surface area (Å²) < 4.78 is 0. The van der Waals surface area contributed by atoms with E-state index in [-0.39, 0.29) is 86.0 Å². The van der Waals surface area contributed by atoms with Crippen LogP contribution >= 0.6 is 11.6 Å². The number of carboxylic acid groups (broad SMARTS) is 2. The summed E-state index contributed by atoms with van der Waals surface area (Å²) in [6.45, 7) is 4.09. The van der Waals surface area contributed by atoms with Crippen LogP contribution < -0.4 is 56.8 Å². The van der Waals surface area contributed by atoms with Gasteiger partial charge in [0.1, 0.15) is 37.2 Å². The van der Waals surface area contributed by atoms with Gasteiger partial charge in [0.2, 0.25) is 46.6 Å². The molecule has 30 heteroatoms. The minimum atomic E-state index is -1.34. The van der Waals surface area contributed by atoms with Gasteiger partial charge in [-0.05, 0) is 76.5 Å². The highest BCUT2D eigenvalue weighted by molar-refractivity contribution is 6.64. The van der Waals surface area contributed by atoms with Gasteiger partial charge in [0, 0.05) is 38.8 Å². The Morgan fingerprint density at radius 3 is 1.21 bits per heavy atom. The highest BCUT2D eigenvalue weighted by atomic mass is 35.5. The maximum absolute atomic E-state index is 14.0. The molecule has 0 spiro atoms. The number of benzene rings is 6. The van der Waals surface area contributed by atoms with Gasteiger partial charge in [-0.1, -0.05) is 97.1 Å². The molecule has 0 radical (unpaired) electrons. The lowest BCUT2D eigenvalue weighted by Gasteiger charge is -2.25. The monoisotopic (exact) mass is 1330 g/mol. The minimum absolute atomic E-state index is 0.0864. The molecule has 0 aromatic heterocycles. The molecule has 2 aliphatic heterocycles. The van der Waals surface area contributed by atoms with E-state index in [9.17, 15) is 76.7 Å². The first kappa shape index (κ1) is 74.0. The quantitative estimate of drug-likeness (QED) is 0.0388. The SMILES string of the molecule is CC(=O)CN1C(=O)[C@@H](NC(=O)c2cccc3ccccc23)CN(C(=O)CNC(C)=O)c2ccccc21.CC(=O)NCC(=O)Cl.CC(=O)NCC(=O)N1C[C@H](NC(=O)c2cccc3ccccc23)C(=O)N(CC(=O)N[C@H](C=O)CC(=O)O)c2ccccc21.CC(=O)NCC(=O)O. The van der Waals surface area contributed by atoms with Gasteiger partial charge >= 0.3 is 11.9 Å². The number of rotatable bonds is 20. The summed E-state index contributed by atoms with van der Waals surface area (Å²) in [5.74, 6) is -8.17. The number of aliphatic carboxylic acids is 2. The number of anilines is 4. The van der Waals surface area contributed by atoms with Gasteiger partial charge in [-0.15, -0.1) is 0 Å². The van der Waals surface area contributed by atoms with Crippen molar-refractivity contribution in [3.63, 3.8) is 0 Å². The molecule has 0 fully saturated rings. The fourth-order valence-corrected chi connectivity index (χ4v) is 9.50. The van der Waals surface area contributed by atoms with Crippen LogP contribution in [0.15, 0.2) is 133 Å². The number of nitrogens with zero attached hydrogens (tertiary/aromatic N) is 4. The first-order valence-corrected chi connectivity index (χ1v) is 29.3. The molecule has 498 valence electrons. The number of carbonyl (C=O) groups is 16. The van der Waals surface area contributed by atoms with E-state index in [2.05, 4.69) is 37.2 Å². The number of hydrogen-bond acceptors (Lipinski definition) is 16. The lowest BCUT2D eigenvalue weighted by atomic mass is 10.0. The second-order valence-electron chi connectivity index (χ2n) is 20.9. The maximum atomic E-state index is 14.0. The van der Waals surface area contributed by atoms with E-state index >= 15 is 0 Å². The van der Waals surface area contributed by atoms with E-state index in [1.807, 2.05) is 48.5 Å². The number of fused-ring (bicyclic) bond motifs is 4. The van der Waals surface area contributed by atoms with Crippen LogP contribution in [0.4, 0.5) is 22.7 Å². The summed E-state index contributed by atoms with van der Waals surface area (Å²) in [6, 6.07) is 34.2. The van der Waals surface area contributed by atoms with E-state index in [0.717, 1.165) is 21.1 Å². The third-order valence-corrected chi connectivity index (χ3v) is 13.7. The van der Waals surface area contributed by atoms with Crippen LogP contribution in [0, 0.1) is 0 Å². The Morgan fingerprint density at radius 2 is 0.853 bits per heavy atom. The van der Waals surface area contributed by atoms with E-state index < -0.39 is 102 Å². The molecule has 29 nitrogen and oxygen atoms in total. The zero-order chi connectivity index (χ0) is 70.1. The molecular formula is C65H68ClN11O18. The molecule has 0 aliphatic carbocycles. The molecule has 6 aromatic rings. The van der Waals surface area contributed by atoms with Crippen LogP contribution in [0.25, 0.3) is 21.5 Å². The normalized spacial score (nSPS) is 14.0. The second kappa shape index (κ2) is 35.7. The molecule has 0 bridgehead atoms. The number of carboxylic acids is 2. The third-order valence-electron chi connectivity index (χ3n) is 13.6. The van der Waals surface area contributed by atoms with Crippen molar-refractivity contribution in [3.05, 3.63) is 145 Å². The van der Waals surface area contributed by atoms with Crippen molar-refractivity contribution in [3.8, 4) is 0 Å². The van der Waals surface area contributed by atoms with Crippen LogP contribution in [0.5, 0.6) is 0 Å². The van der Waals surface area contributed by atoms with E-state index in [1.165, 1.54) is 55.4 Å².